The summed E-state index contributed by atoms with van der Waals surface area (Å²) in [5.74, 6) is 1.40. The van der Waals surface area contributed by atoms with Gasteiger partial charge in [0, 0.05) is 37.7 Å². The van der Waals surface area contributed by atoms with E-state index in [-0.39, 0.29) is 18.6 Å². The van der Waals surface area contributed by atoms with E-state index >= 15 is 0 Å². The number of hydrogen-bond acceptors (Lipinski definition) is 10. The second-order valence-corrected chi connectivity index (χ2v) is 7.98. The van der Waals surface area contributed by atoms with Crippen LogP contribution in [0.3, 0.4) is 0 Å². The average molecular weight is 492 g/mol. The first-order valence-electron chi connectivity index (χ1n) is 11.3. The van der Waals surface area contributed by atoms with Crippen LogP contribution in [0.25, 0.3) is 16.4 Å². The number of carbonyl (C=O) groups is 1. The molecule has 4 heterocycles. The highest BCUT2D eigenvalue weighted by molar-refractivity contribution is 5.96. The standard InChI is InChI=1S/C24H25N7O5/c1-33-10-9-25-23(32)15-7-8-16(26-12-15)13-35-24-19-6-4-3-5-18(19)21-27-28-22(31(21)29-24)20-11-17(14-34-2)36-30-20/h3-8,11-12,20,30H,9-10,13-14H2,1-2H3,(H,25,32). The van der Waals surface area contributed by atoms with Crippen molar-refractivity contribution in [3.8, 4) is 5.88 Å². The minimum absolute atomic E-state index is 0.161. The van der Waals surface area contributed by atoms with Gasteiger partial charge in [0.1, 0.15) is 25.0 Å². The van der Waals surface area contributed by atoms with E-state index < -0.39 is 0 Å². The second-order valence-electron chi connectivity index (χ2n) is 7.98. The van der Waals surface area contributed by atoms with Gasteiger partial charge in [-0.05, 0) is 24.3 Å². The number of aromatic nitrogens is 5. The van der Waals surface area contributed by atoms with Crippen LogP contribution in [0, 0.1) is 0 Å². The molecule has 5 rings (SSSR count). The molecule has 1 amide bonds. The Labute approximate surface area is 206 Å². The van der Waals surface area contributed by atoms with Gasteiger partial charge in [-0.3, -0.25) is 9.78 Å². The van der Waals surface area contributed by atoms with Gasteiger partial charge in [0.05, 0.1) is 17.9 Å². The van der Waals surface area contributed by atoms with E-state index in [2.05, 4.69) is 26.0 Å². The van der Waals surface area contributed by atoms with Crippen LogP contribution in [-0.2, 0) is 20.9 Å². The Morgan fingerprint density at radius 1 is 1.11 bits per heavy atom. The number of nitrogens with zero attached hydrogens (tertiary/aromatic N) is 5. The van der Waals surface area contributed by atoms with Crippen LogP contribution in [0.4, 0.5) is 0 Å². The lowest BCUT2D eigenvalue weighted by atomic mass is 10.2. The molecule has 0 saturated heterocycles. The van der Waals surface area contributed by atoms with Crippen LogP contribution >= 0.6 is 0 Å². The van der Waals surface area contributed by atoms with E-state index in [0.29, 0.717) is 54.1 Å². The SMILES string of the molecule is COCCNC(=O)c1ccc(COc2nn3c(C4C=C(COC)ON4)nnc3c3ccccc23)nc1. The summed E-state index contributed by atoms with van der Waals surface area (Å²) in [5, 5.41) is 17.8. The van der Waals surface area contributed by atoms with Gasteiger partial charge in [-0.25, -0.2) is 0 Å². The maximum atomic E-state index is 12.2. The summed E-state index contributed by atoms with van der Waals surface area (Å²) in [6.07, 6.45) is 3.39. The predicted molar refractivity (Wildman–Crippen MR) is 128 cm³/mol. The third kappa shape index (κ3) is 4.82. The molecule has 0 bridgehead atoms. The molecule has 12 heteroatoms. The van der Waals surface area contributed by atoms with Crippen LogP contribution in [0.5, 0.6) is 5.88 Å². The Morgan fingerprint density at radius 2 is 1.97 bits per heavy atom. The van der Waals surface area contributed by atoms with Gasteiger partial charge in [-0.15, -0.1) is 20.8 Å². The second kappa shape index (κ2) is 10.6. The van der Waals surface area contributed by atoms with E-state index in [1.807, 2.05) is 30.3 Å². The Morgan fingerprint density at radius 3 is 2.75 bits per heavy atom. The molecule has 1 aliphatic rings. The molecular formula is C24H25N7O5. The molecule has 186 valence electrons. The number of hydrogen-bond donors (Lipinski definition) is 2. The van der Waals surface area contributed by atoms with Crippen molar-refractivity contribution >= 4 is 22.3 Å². The van der Waals surface area contributed by atoms with E-state index in [1.165, 1.54) is 6.20 Å². The summed E-state index contributed by atoms with van der Waals surface area (Å²) in [4.78, 5) is 22.0. The molecule has 4 aromatic rings. The zero-order valence-corrected chi connectivity index (χ0v) is 19.8. The number of methoxy groups -OCH3 is 2. The first-order valence-corrected chi connectivity index (χ1v) is 11.3. The molecule has 2 N–H and O–H groups in total. The van der Waals surface area contributed by atoms with E-state index in [4.69, 9.17) is 24.1 Å². The fourth-order valence-corrected chi connectivity index (χ4v) is 3.76. The summed E-state index contributed by atoms with van der Waals surface area (Å²) in [6, 6.07) is 10.8. The Bertz CT molecular complexity index is 1400. The summed E-state index contributed by atoms with van der Waals surface area (Å²) < 4.78 is 17.8. The first-order chi connectivity index (χ1) is 17.7. The van der Waals surface area contributed by atoms with Gasteiger partial charge in [0.2, 0.25) is 5.88 Å². The molecule has 1 aromatic carbocycles. The van der Waals surface area contributed by atoms with Gasteiger partial charge in [0.25, 0.3) is 5.91 Å². The van der Waals surface area contributed by atoms with Gasteiger partial charge < -0.3 is 24.4 Å². The van der Waals surface area contributed by atoms with Crippen molar-refractivity contribution in [3.63, 3.8) is 0 Å². The maximum Gasteiger partial charge on any atom is 0.252 e. The summed E-state index contributed by atoms with van der Waals surface area (Å²) in [6.45, 7) is 1.37. The van der Waals surface area contributed by atoms with Crippen molar-refractivity contribution in [2.45, 2.75) is 12.6 Å². The minimum Gasteiger partial charge on any atom is -0.470 e. The lowest BCUT2D eigenvalue weighted by Gasteiger charge is -2.11. The van der Waals surface area contributed by atoms with E-state index in [1.54, 1.807) is 30.9 Å². The highest BCUT2D eigenvalue weighted by atomic mass is 16.7. The lowest BCUT2D eigenvalue weighted by Crippen LogP contribution is -2.27. The van der Waals surface area contributed by atoms with Crippen LogP contribution in [0.2, 0.25) is 0 Å². The van der Waals surface area contributed by atoms with Crippen molar-refractivity contribution < 1.29 is 23.8 Å². The van der Waals surface area contributed by atoms with E-state index in [0.717, 1.165) is 10.8 Å². The highest BCUT2D eigenvalue weighted by Crippen LogP contribution is 2.29. The number of pyridine rings is 1. The monoisotopic (exact) mass is 491 g/mol. The molecule has 36 heavy (non-hydrogen) atoms. The minimum atomic E-state index is -0.351. The van der Waals surface area contributed by atoms with Gasteiger partial charge in [-0.1, -0.05) is 18.2 Å². The van der Waals surface area contributed by atoms with Crippen molar-refractivity contribution in [2.75, 3.05) is 34.0 Å². The number of rotatable bonds is 10. The average Bonchev–Trinajstić information content (AvgIpc) is 3.55. The van der Waals surface area contributed by atoms with Crippen LogP contribution in [0.1, 0.15) is 27.9 Å². The molecule has 0 radical (unpaired) electrons. The molecule has 3 aromatic heterocycles. The number of hydroxylamine groups is 1. The van der Waals surface area contributed by atoms with Crippen molar-refractivity contribution in [2.24, 2.45) is 0 Å². The molecular weight excluding hydrogens is 466 g/mol. The highest BCUT2D eigenvalue weighted by Gasteiger charge is 2.25. The van der Waals surface area contributed by atoms with Gasteiger partial charge >= 0.3 is 0 Å². The molecule has 0 aliphatic carbocycles. The third-order valence-electron chi connectivity index (χ3n) is 5.52. The molecule has 0 saturated carbocycles. The zero-order chi connectivity index (χ0) is 24.9. The predicted octanol–water partition coefficient (Wildman–Crippen LogP) is 1.73. The summed E-state index contributed by atoms with van der Waals surface area (Å²) in [5.41, 5.74) is 4.63. The topological polar surface area (TPSA) is 134 Å². The lowest BCUT2D eigenvalue weighted by molar-refractivity contribution is 0.0764. The van der Waals surface area contributed by atoms with Crippen molar-refractivity contribution in [3.05, 3.63) is 71.5 Å². The van der Waals surface area contributed by atoms with Crippen LogP contribution in [0.15, 0.2) is 54.4 Å². The number of nitrogens with one attached hydrogen (secondary N) is 2. The molecule has 1 unspecified atom stereocenters. The summed E-state index contributed by atoms with van der Waals surface area (Å²) in [7, 11) is 3.18. The molecule has 0 spiro atoms. The quantitative estimate of drug-likeness (QED) is 0.316. The zero-order valence-electron chi connectivity index (χ0n) is 19.8. The molecule has 1 aliphatic heterocycles. The number of amides is 1. The maximum absolute atomic E-state index is 12.2. The molecule has 12 nitrogen and oxygen atoms in total. The van der Waals surface area contributed by atoms with E-state index in [9.17, 15) is 4.79 Å². The number of fused-ring (bicyclic) bond motifs is 3. The Kier molecular flexibility index (Phi) is 6.98. The molecule has 0 fully saturated rings. The number of ether oxygens (including phenoxy) is 3. The Hall–Kier alpha value is -4.13. The number of carbonyl (C=O) groups excluding carboxylic acids is 1. The Balaban J connectivity index is 1.39. The normalized spacial score (nSPS) is 15.2. The first kappa shape index (κ1) is 23.6. The van der Waals surface area contributed by atoms with Gasteiger partial charge in [0.15, 0.2) is 11.5 Å². The van der Waals surface area contributed by atoms with Crippen molar-refractivity contribution in [1.29, 1.82) is 0 Å². The fourth-order valence-electron chi connectivity index (χ4n) is 3.76. The summed E-state index contributed by atoms with van der Waals surface area (Å²) >= 11 is 0. The smallest absolute Gasteiger partial charge is 0.252 e. The van der Waals surface area contributed by atoms with Crippen molar-refractivity contribution in [1.82, 2.24) is 35.6 Å². The number of benzene rings is 1. The van der Waals surface area contributed by atoms with Crippen LogP contribution in [-0.4, -0.2) is 64.7 Å². The van der Waals surface area contributed by atoms with Crippen LogP contribution < -0.4 is 15.5 Å². The fraction of sp³-hybridized carbons (Fsp3) is 0.292. The largest absolute Gasteiger partial charge is 0.470 e. The third-order valence-corrected chi connectivity index (χ3v) is 5.52. The van der Waals surface area contributed by atoms with Gasteiger partial charge in [-0.2, -0.15) is 4.52 Å². The molecule has 1 atom stereocenters.